The molecule has 0 radical (unpaired) electrons. The van der Waals surface area contributed by atoms with Gasteiger partial charge in [-0.25, -0.2) is 4.79 Å². The number of ether oxygens (including phenoxy) is 2. The minimum atomic E-state index is -1.00. The summed E-state index contributed by atoms with van der Waals surface area (Å²) in [5.74, 6) is -0.136. The Labute approximate surface area is 132 Å². The number of anilines is 1. The molecule has 2 aromatic carbocycles. The maximum atomic E-state index is 12.3. The smallest absolute Gasteiger partial charge is 0.335 e. The fraction of sp³-hybridized carbons (Fsp3) is 0.176. The molecule has 1 aliphatic rings. The Hall–Kier alpha value is -3.02. The van der Waals surface area contributed by atoms with Crippen LogP contribution in [0.5, 0.6) is 11.5 Å². The fourth-order valence-electron chi connectivity index (χ4n) is 2.32. The van der Waals surface area contributed by atoms with Crippen molar-refractivity contribution < 1.29 is 24.2 Å². The lowest BCUT2D eigenvalue weighted by Gasteiger charge is -2.18. The predicted molar refractivity (Wildman–Crippen MR) is 83.5 cm³/mol. The molecule has 118 valence electrons. The van der Waals surface area contributed by atoms with E-state index in [-0.39, 0.29) is 11.5 Å². The maximum Gasteiger partial charge on any atom is 0.335 e. The minimum absolute atomic E-state index is 0.180. The van der Waals surface area contributed by atoms with Gasteiger partial charge in [-0.3, -0.25) is 4.79 Å². The molecule has 0 aromatic heterocycles. The standard InChI is InChI=1S/C17H15NO5/c1-10-8-12(17(20)21)2-4-13(10)18-16(19)11-3-5-14-15(9-11)23-7-6-22-14/h2-5,8-9H,6-7H2,1H3,(H,18,19)(H,20,21). The average Bonchev–Trinajstić information content (AvgIpc) is 2.56. The molecule has 6 nitrogen and oxygen atoms in total. The molecular weight excluding hydrogens is 298 g/mol. The van der Waals surface area contributed by atoms with Gasteiger partial charge in [-0.2, -0.15) is 0 Å². The summed E-state index contributed by atoms with van der Waals surface area (Å²) < 4.78 is 10.9. The monoisotopic (exact) mass is 313 g/mol. The lowest BCUT2D eigenvalue weighted by Crippen LogP contribution is -2.17. The van der Waals surface area contributed by atoms with Crippen molar-refractivity contribution in [1.82, 2.24) is 0 Å². The number of benzene rings is 2. The lowest BCUT2D eigenvalue weighted by molar-refractivity contribution is 0.0696. The molecule has 2 N–H and O–H groups in total. The number of carbonyl (C=O) groups is 2. The van der Waals surface area contributed by atoms with E-state index < -0.39 is 5.97 Å². The molecule has 0 aliphatic carbocycles. The number of carboxylic acids is 1. The van der Waals surface area contributed by atoms with Crippen LogP contribution >= 0.6 is 0 Å². The van der Waals surface area contributed by atoms with Gasteiger partial charge in [0.2, 0.25) is 0 Å². The van der Waals surface area contributed by atoms with Crippen LogP contribution in [-0.4, -0.2) is 30.2 Å². The number of rotatable bonds is 3. The number of hydrogen-bond acceptors (Lipinski definition) is 4. The van der Waals surface area contributed by atoms with Crippen LogP contribution < -0.4 is 14.8 Å². The fourth-order valence-corrected chi connectivity index (χ4v) is 2.32. The van der Waals surface area contributed by atoms with Crippen LogP contribution in [0.2, 0.25) is 0 Å². The molecule has 0 atom stereocenters. The first-order valence-corrected chi connectivity index (χ1v) is 7.09. The second-order valence-corrected chi connectivity index (χ2v) is 5.15. The van der Waals surface area contributed by atoms with Crippen LogP contribution in [-0.2, 0) is 0 Å². The van der Waals surface area contributed by atoms with Gasteiger partial charge in [-0.15, -0.1) is 0 Å². The van der Waals surface area contributed by atoms with Crippen molar-refractivity contribution in [2.24, 2.45) is 0 Å². The summed E-state index contributed by atoms with van der Waals surface area (Å²) in [5, 5.41) is 11.7. The molecule has 0 unspecified atom stereocenters. The molecule has 1 heterocycles. The summed E-state index contributed by atoms with van der Waals surface area (Å²) in [6.45, 7) is 2.69. The highest BCUT2D eigenvalue weighted by molar-refractivity contribution is 6.05. The number of carbonyl (C=O) groups excluding carboxylic acids is 1. The Kier molecular flexibility index (Phi) is 3.89. The summed E-state index contributed by atoms with van der Waals surface area (Å²) in [6.07, 6.45) is 0. The van der Waals surface area contributed by atoms with Gasteiger partial charge in [0.25, 0.3) is 5.91 Å². The highest BCUT2D eigenvalue weighted by Crippen LogP contribution is 2.31. The number of aryl methyl sites for hydroxylation is 1. The normalized spacial score (nSPS) is 12.6. The molecular formula is C17H15NO5. The second kappa shape index (κ2) is 6.00. The number of aromatic carboxylic acids is 1. The number of carboxylic acid groups (broad SMARTS) is 1. The first-order valence-electron chi connectivity index (χ1n) is 7.09. The van der Waals surface area contributed by atoms with Crippen LogP contribution in [0, 0.1) is 6.92 Å². The predicted octanol–water partition coefficient (Wildman–Crippen LogP) is 2.72. The van der Waals surface area contributed by atoms with Crippen molar-refractivity contribution in [3.63, 3.8) is 0 Å². The van der Waals surface area contributed by atoms with Gasteiger partial charge in [0, 0.05) is 11.3 Å². The molecule has 0 spiro atoms. The molecule has 1 amide bonds. The van der Waals surface area contributed by atoms with Gasteiger partial charge in [-0.05, 0) is 48.9 Å². The zero-order chi connectivity index (χ0) is 16.4. The third kappa shape index (κ3) is 3.11. The lowest BCUT2D eigenvalue weighted by atomic mass is 10.1. The van der Waals surface area contributed by atoms with E-state index in [9.17, 15) is 9.59 Å². The quantitative estimate of drug-likeness (QED) is 0.910. The van der Waals surface area contributed by atoms with Gasteiger partial charge in [0.15, 0.2) is 11.5 Å². The van der Waals surface area contributed by atoms with Gasteiger partial charge in [-0.1, -0.05) is 0 Å². The van der Waals surface area contributed by atoms with Crippen LogP contribution in [0.3, 0.4) is 0 Å². The number of amides is 1. The highest BCUT2D eigenvalue weighted by atomic mass is 16.6. The molecule has 2 aromatic rings. The number of fused-ring (bicyclic) bond motifs is 1. The first-order chi connectivity index (χ1) is 11.0. The van der Waals surface area contributed by atoms with Crippen molar-refractivity contribution in [3.8, 4) is 11.5 Å². The van der Waals surface area contributed by atoms with Crippen LogP contribution in [0.1, 0.15) is 26.3 Å². The van der Waals surface area contributed by atoms with E-state index >= 15 is 0 Å². The van der Waals surface area contributed by atoms with Crippen LogP contribution in [0.4, 0.5) is 5.69 Å². The Morgan fingerprint density at radius 2 is 1.70 bits per heavy atom. The average molecular weight is 313 g/mol. The number of hydrogen-bond donors (Lipinski definition) is 2. The van der Waals surface area contributed by atoms with E-state index in [2.05, 4.69) is 5.32 Å². The van der Waals surface area contributed by atoms with E-state index in [1.54, 1.807) is 31.2 Å². The largest absolute Gasteiger partial charge is 0.486 e. The molecule has 0 bridgehead atoms. The summed E-state index contributed by atoms with van der Waals surface area (Å²) in [5.41, 5.74) is 1.86. The molecule has 1 aliphatic heterocycles. The zero-order valence-electron chi connectivity index (χ0n) is 12.5. The Bertz CT molecular complexity index is 785. The van der Waals surface area contributed by atoms with Gasteiger partial charge < -0.3 is 19.9 Å². The zero-order valence-corrected chi connectivity index (χ0v) is 12.5. The Morgan fingerprint density at radius 1 is 1.00 bits per heavy atom. The van der Waals surface area contributed by atoms with E-state index in [0.29, 0.717) is 41.5 Å². The maximum absolute atomic E-state index is 12.3. The topological polar surface area (TPSA) is 84.9 Å². The Balaban J connectivity index is 1.80. The van der Waals surface area contributed by atoms with E-state index in [1.165, 1.54) is 12.1 Å². The SMILES string of the molecule is Cc1cc(C(=O)O)ccc1NC(=O)c1ccc2c(c1)OCCO2. The summed E-state index contributed by atoms with van der Waals surface area (Å²) >= 11 is 0. The minimum Gasteiger partial charge on any atom is -0.486 e. The van der Waals surface area contributed by atoms with Gasteiger partial charge >= 0.3 is 5.97 Å². The molecule has 6 heteroatoms. The highest BCUT2D eigenvalue weighted by Gasteiger charge is 2.16. The second-order valence-electron chi connectivity index (χ2n) is 5.15. The van der Waals surface area contributed by atoms with Crippen molar-refractivity contribution in [3.05, 3.63) is 53.1 Å². The summed E-state index contributed by atoms with van der Waals surface area (Å²) in [6, 6.07) is 9.53. The van der Waals surface area contributed by atoms with Crippen LogP contribution in [0.15, 0.2) is 36.4 Å². The van der Waals surface area contributed by atoms with E-state index in [0.717, 1.165) is 0 Å². The van der Waals surface area contributed by atoms with Crippen molar-refractivity contribution in [2.45, 2.75) is 6.92 Å². The summed E-state index contributed by atoms with van der Waals surface area (Å²) in [4.78, 5) is 23.3. The summed E-state index contributed by atoms with van der Waals surface area (Å²) in [7, 11) is 0. The number of nitrogens with one attached hydrogen (secondary N) is 1. The van der Waals surface area contributed by atoms with E-state index in [4.69, 9.17) is 14.6 Å². The van der Waals surface area contributed by atoms with Gasteiger partial charge in [0.1, 0.15) is 13.2 Å². The molecule has 23 heavy (non-hydrogen) atoms. The third-order valence-corrected chi connectivity index (χ3v) is 3.53. The van der Waals surface area contributed by atoms with Crippen molar-refractivity contribution >= 4 is 17.6 Å². The molecule has 0 saturated carbocycles. The van der Waals surface area contributed by atoms with Crippen molar-refractivity contribution in [1.29, 1.82) is 0 Å². The molecule has 3 rings (SSSR count). The molecule has 0 fully saturated rings. The Morgan fingerprint density at radius 3 is 2.39 bits per heavy atom. The third-order valence-electron chi connectivity index (χ3n) is 3.53. The molecule has 0 saturated heterocycles. The van der Waals surface area contributed by atoms with Crippen LogP contribution in [0.25, 0.3) is 0 Å². The van der Waals surface area contributed by atoms with E-state index in [1.807, 2.05) is 0 Å². The van der Waals surface area contributed by atoms with Gasteiger partial charge in [0.05, 0.1) is 5.56 Å². The van der Waals surface area contributed by atoms with Crippen molar-refractivity contribution in [2.75, 3.05) is 18.5 Å². The first kappa shape index (κ1) is 14.9.